The minimum atomic E-state index is -0.294. The minimum Gasteiger partial charge on any atom is -0.462 e. The minimum absolute atomic E-state index is 0.294. The summed E-state index contributed by atoms with van der Waals surface area (Å²) in [5.74, 6) is 0.974. The first kappa shape index (κ1) is 10.3. The van der Waals surface area contributed by atoms with Crippen LogP contribution in [0.1, 0.15) is 32.6 Å². The molecule has 1 aliphatic rings. The third-order valence-corrected chi connectivity index (χ3v) is 2.90. The molecule has 1 saturated carbocycles. The van der Waals surface area contributed by atoms with Gasteiger partial charge in [-0.2, -0.15) is 0 Å². The average molecular weight is 182 g/mol. The van der Waals surface area contributed by atoms with Crippen LogP contribution in [0.5, 0.6) is 0 Å². The molecule has 2 heteroatoms. The molecule has 0 amide bonds. The molecule has 0 N–H and O–H groups in total. The second-order valence-corrected chi connectivity index (χ2v) is 3.86. The van der Waals surface area contributed by atoms with E-state index in [0.29, 0.717) is 18.4 Å². The lowest BCUT2D eigenvalue weighted by molar-refractivity contribution is -0.139. The van der Waals surface area contributed by atoms with Crippen LogP contribution in [0.25, 0.3) is 0 Å². The number of carbonyl (C=O) groups excluding carboxylic acids is 1. The Kier molecular flexibility index (Phi) is 4.00. The van der Waals surface area contributed by atoms with Crippen molar-refractivity contribution < 1.29 is 9.53 Å². The van der Waals surface area contributed by atoms with Gasteiger partial charge in [-0.3, -0.25) is 0 Å². The third-order valence-electron chi connectivity index (χ3n) is 2.90. The molecule has 0 spiro atoms. The van der Waals surface area contributed by atoms with Crippen molar-refractivity contribution in [3.63, 3.8) is 0 Å². The van der Waals surface area contributed by atoms with Gasteiger partial charge < -0.3 is 4.74 Å². The van der Waals surface area contributed by atoms with Crippen molar-refractivity contribution in [1.29, 1.82) is 0 Å². The summed E-state index contributed by atoms with van der Waals surface area (Å²) in [4.78, 5) is 10.8. The van der Waals surface area contributed by atoms with Crippen molar-refractivity contribution in [3.8, 4) is 0 Å². The van der Waals surface area contributed by atoms with E-state index in [1.54, 1.807) is 0 Å². The first-order valence-electron chi connectivity index (χ1n) is 5.03. The largest absolute Gasteiger partial charge is 0.462 e. The second kappa shape index (κ2) is 5.05. The van der Waals surface area contributed by atoms with Crippen molar-refractivity contribution in [2.75, 3.05) is 6.61 Å². The Morgan fingerprint density at radius 3 is 2.85 bits per heavy atom. The van der Waals surface area contributed by atoms with E-state index in [2.05, 4.69) is 13.5 Å². The van der Waals surface area contributed by atoms with E-state index in [-0.39, 0.29) is 5.97 Å². The Hall–Kier alpha value is -0.790. The molecule has 2 nitrogen and oxygen atoms in total. The van der Waals surface area contributed by atoms with Gasteiger partial charge in [0.05, 0.1) is 6.61 Å². The highest BCUT2D eigenvalue weighted by Crippen LogP contribution is 2.29. The highest BCUT2D eigenvalue weighted by atomic mass is 16.5. The van der Waals surface area contributed by atoms with Gasteiger partial charge >= 0.3 is 5.97 Å². The van der Waals surface area contributed by atoms with Crippen molar-refractivity contribution in [3.05, 3.63) is 12.7 Å². The van der Waals surface area contributed by atoms with Gasteiger partial charge in [-0.1, -0.05) is 32.8 Å². The van der Waals surface area contributed by atoms with Gasteiger partial charge in [0.15, 0.2) is 0 Å². The zero-order valence-electron chi connectivity index (χ0n) is 8.29. The Balaban J connectivity index is 2.26. The number of hydrogen-bond donors (Lipinski definition) is 0. The smallest absolute Gasteiger partial charge is 0.330 e. The normalized spacial score (nSPS) is 28.1. The molecule has 1 rings (SSSR count). The maximum atomic E-state index is 10.8. The maximum Gasteiger partial charge on any atom is 0.330 e. The summed E-state index contributed by atoms with van der Waals surface area (Å²) in [5, 5.41) is 0. The van der Waals surface area contributed by atoms with Crippen LogP contribution < -0.4 is 0 Å². The van der Waals surface area contributed by atoms with Gasteiger partial charge in [-0.25, -0.2) is 4.79 Å². The molecule has 0 aliphatic heterocycles. The monoisotopic (exact) mass is 182 g/mol. The Morgan fingerprint density at radius 1 is 1.54 bits per heavy atom. The predicted octanol–water partition coefficient (Wildman–Crippen LogP) is 2.54. The number of ether oxygens (including phenoxy) is 1. The molecule has 0 aromatic carbocycles. The standard InChI is InChI=1S/C11H18O2/c1-3-11(12)13-8-10-7-5-4-6-9(10)2/h3,9-10H,1,4-8H2,2H3. The van der Waals surface area contributed by atoms with Gasteiger partial charge in [-0.15, -0.1) is 0 Å². The van der Waals surface area contributed by atoms with Gasteiger partial charge in [0.1, 0.15) is 0 Å². The van der Waals surface area contributed by atoms with Crippen LogP contribution in [0.2, 0.25) is 0 Å². The molecule has 0 radical (unpaired) electrons. The fraction of sp³-hybridized carbons (Fsp3) is 0.727. The molecule has 0 aromatic heterocycles. The molecule has 74 valence electrons. The number of hydrogen-bond acceptors (Lipinski definition) is 2. The van der Waals surface area contributed by atoms with E-state index in [1.807, 2.05) is 0 Å². The van der Waals surface area contributed by atoms with Crippen LogP contribution in [0.4, 0.5) is 0 Å². The van der Waals surface area contributed by atoms with Crippen molar-refractivity contribution in [1.82, 2.24) is 0 Å². The van der Waals surface area contributed by atoms with Crippen LogP contribution in [-0.4, -0.2) is 12.6 Å². The number of carbonyl (C=O) groups is 1. The Labute approximate surface area is 80.0 Å². The summed E-state index contributed by atoms with van der Waals surface area (Å²) in [6, 6.07) is 0. The van der Waals surface area contributed by atoms with Crippen LogP contribution >= 0.6 is 0 Å². The fourth-order valence-corrected chi connectivity index (χ4v) is 1.89. The lowest BCUT2D eigenvalue weighted by atomic mass is 9.81. The van der Waals surface area contributed by atoms with Crippen molar-refractivity contribution >= 4 is 5.97 Å². The van der Waals surface area contributed by atoms with Crippen LogP contribution in [-0.2, 0) is 9.53 Å². The SMILES string of the molecule is C=CC(=O)OCC1CCCCC1C. The zero-order valence-corrected chi connectivity index (χ0v) is 8.29. The molecule has 1 fully saturated rings. The van der Waals surface area contributed by atoms with Crippen LogP contribution in [0.15, 0.2) is 12.7 Å². The molecule has 0 heterocycles. The summed E-state index contributed by atoms with van der Waals surface area (Å²) in [5.41, 5.74) is 0. The molecule has 0 saturated heterocycles. The Morgan fingerprint density at radius 2 is 2.23 bits per heavy atom. The summed E-state index contributed by atoms with van der Waals surface area (Å²) >= 11 is 0. The number of esters is 1. The summed E-state index contributed by atoms with van der Waals surface area (Å²) < 4.78 is 5.04. The van der Waals surface area contributed by atoms with E-state index in [4.69, 9.17) is 4.74 Å². The topological polar surface area (TPSA) is 26.3 Å². The van der Waals surface area contributed by atoms with E-state index >= 15 is 0 Å². The maximum absolute atomic E-state index is 10.8. The molecule has 2 unspecified atom stereocenters. The van der Waals surface area contributed by atoms with E-state index < -0.39 is 0 Å². The molecule has 2 atom stereocenters. The average Bonchev–Trinajstić information content (AvgIpc) is 2.16. The van der Waals surface area contributed by atoms with Crippen LogP contribution in [0, 0.1) is 11.8 Å². The molecule has 0 aromatic rings. The quantitative estimate of drug-likeness (QED) is 0.495. The lowest BCUT2D eigenvalue weighted by Gasteiger charge is -2.27. The van der Waals surface area contributed by atoms with Gasteiger partial charge in [0.2, 0.25) is 0 Å². The molecule has 1 aliphatic carbocycles. The van der Waals surface area contributed by atoms with Gasteiger partial charge in [0.25, 0.3) is 0 Å². The predicted molar refractivity (Wildman–Crippen MR) is 52.3 cm³/mol. The van der Waals surface area contributed by atoms with E-state index in [9.17, 15) is 4.79 Å². The molecular weight excluding hydrogens is 164 g/mol. The fourth-order valence-electron chi connectivity index (χ4n) is 1.89. The summed E-state index contributed by atoms with van der Waals surface area (Å²) in [6.45, 7) is 6.19. The third kappa shape index (κ3) is 3.21. The second-order valence-electron chi connectivity index (χ2n) is 3.86. The highest BCUT2D eigenvalue weighted by molar-refractivity contribution is 5.81. The summed E-state index contributed by atoms with van der Waals surface area (Å²) in [7, 11) is 0. The zero-order chi connectivity index (χ0) is 9.68. The van der Waals surface area contributed by atoms with Crippen LogP contribution in [0.3, 0.4) is 0 Å². The van der Waals surface area contributed by atoms with E-state index in [0.717, 1.165) is 0 Å². The first-order valence-corrected chi connectivity index (χ1v) is 5.03. The number of rotatable bonds is 3. The summed E-state index contributed by atoms with van der Waals surface area (Å²) in [6.07, 6.45) is 6.31. The first-order chi connectivity index (χ1) is 6.24. The van der Waals surface area contributed by atoms with E-state index in [1.165, 1.54) is 31.8 Å². The van der Waals surface area contributed by atoms with Crippen molar-refractivity contribution in [2.24, 2.45) is 11.8 Å². The van der Waals surface area contributed by atoms with Gasteiger partial charge in [-0.05, 0) is 18.3 Å². The molecular formula is C11H18O2. The molecule has 0 bridgehead atoms. The highest BCUT2D eigenvalue weighted by Gasteiger charge is 2.21. The molecule has 13 heavy (non-hydrogen) atoms. The lowest BCUT2D eigenvalue weighted by Crippen LogP contribution is -2.22. The van der Waals surface area contributed by atoms with Crippen molar-refractivity contribution in [2.45, 2.75) is 32.6 Å². The van der Waals surface area contributed by atoms with Gasteiger partial charge in [0, 0.05) is 6.08 Å². The Bertz CT molecular complexity index is 187.